The molecule has 0 saturated carbocycles. The molecule has 1 aliphatic carbocycles. The van der Waals surface area contributed by atoms with Crippen molar-refractivity contribution >= 4 is 11.0 Å². The molecule has 2 aromatic rings. The van der Waals surface area contributed by atoms with Crippen LogP contribution in [0.25, 0.3) is 11.0 Å². The minimum Gasteiger partial charge on any atom is -0.461 e. The van der Waals surface area contributed by atoms with Crippen molar-refractivity contribution in [3.8, 4) is 0 Å². The maximum atomic E-state index is 5.86. The summed E-state index contributed by atoms with van der Waals surface area (Å²) in [7, 11) is 0. The van der Waals surface area contributed by atoms with Crippen LogP contribution < -0.4 is 0 Å². The Kier molecular flexibility index (Phi) is 1.66. The van der Waals surface area contributed by atoms with Crippen molar-refractivity contribution in [2.24, 2.45) is 0 Å². The summed E-state index contributed by atoms with van der Waals surface area (Å²) in [5.74, 6) is 1.90. The van der Waals surface area contributed by atoms with Gasteiger partial charge in [0, 0.05) is 17.4 Å². The number of para-hydroxylation sites is 1. The number of hydrogen-bond acceptors (Lipinski definition) is 1. The van der Waals surface area contributed by atoms with Crippen LogP contribution >= 0.6 is 0 Å². The molecule has 1 aromatic carbocycles. The Morgan fingerprint density at radius 1 is 1.29 bits per heavy atom. The van der Waals surface area contributed by atoms with Crippen LogP contribution in [0, 0.1) is 0 Å². The largest absolute Gasteiger partial charge is 0.461 e. The molecular weight excluding hydrogens is 172 g/mol. The molecular formula is C13H14O. The second-order valence-corrected chi connectivity index (χ2v) is 4.23. The van der Waals surface area contributed by atoms with Crippen molar-refractivity contribution in [3.05, 3.63) is 35.6 Å². The fourth-order valence-electron chi connectivity index (χ4n) is 2.56. The van der Waals surface area contributed by atoms with Gasteiger partial charge >= 0.3 is 0 Å². The first kappa shape index (κ1) is 8.10. The fourth-order valence-corrected chi connectivity index (χ4v) is 2.56. The normalized spacial score (nSPS) is 21.1. The molecule has 1 heterocycles. The molecule has 0 N–H and O–H groups in total. The van der Waals surface area contributed by atoms with E-state index in [4.69, 9.17) is 4.42 Å². The summed E-state index contributed by atoms with van der Waals surface area (Å²) in [5, 5.41) is 1.33. The van der Waals surface area contributed by atoms with Gasteiger partial charge in [0.15, 0.2) is 0 Å². The molecule has 0 aliphatic heterocycles. The quantitative estimate of drug-likeness (QED) is 0.608. The third kappa shape index (κ3) is 1.02. The van der Waals surface area contributed by atoms with Gasteiger partial charge in [-0.1, -0.05) is 25.1 Å². The number of aryl methyl sites for hydroxylation is 1. The SMILES string of the molecule is CC1CCCc2oc3ccccc3c21. The maximum Gasteiger partial charge on any atom is 0.134 e. The van der Waals surface area contributed by atoms with Gasteiger partial charge < -0.3 is 4.42 Å². The molecule has 14 heavy (non-hydrogen) atoms. The predicted octanol–water partition coefficient (Wildman–Crippen LogP) is 3.87. The molecule has 0 spiro atoms. The van der Waals surface area contributed by atoms with Gasteiger partial charge in [-0.05, 0) is 24.8 Å². The lowest BCUT2D eigenvalue weighted by molar-refractivity contribution is 0.480. The number of hydrogen-bond donors (Lipinski definition) is 0. The van der Waals surface area contributed by atoms with E-state index >= 15 is 0 Å². The molecule has 1 heteroatoms. The Balaban J connectivity index is 2.34. The average Bonchev–Trinajstić information content (AvgIpc) is 2.57. The van der Waals surface area contributed by atoms with Crippen LogP contribution in [0.5, 0.6) is 0 Å². The summed E-state index contributed by atoms with van der Waals surface area (Å²) in [5.41, 5.74) is 2.53. The van der Waals surface area contributed by atoms with Crippen LogP contribution in [0.1, 0.15) is 37.0 Å². The van der Waals surface area contributed by atoms with Crippen molar-refractivity contribution in [1.82, 2.24) is 0 Å². The molecule has 1 aliphatic rings. The van der Waals surface area contributed by atoms with E-state index < -0.39 is 0 Å². The highest BCUT2D eigenvalue weighted by Crippen LogP contribution is 2.38. The first-order valence-electron chi connectivity index (χ1n) is 5.36. The molecule has 0 saturated heterocycles. The molecule has 0 amide bonds. The Morgan fingerprint density at radius 3 is 3.07 bits per heavy atom. The lowest BCUT2D eigenvalue weighted by Crippen LogP contribution is -2.03. The number of benzene rings is 1. The standard InChI is InChI=1S/C13H14O/c1-9-5-4-8-12-13(9)10-6-2-3-7-11(10)14-12/h2-3,6-7,9H,4-5,8H2,1H3. The fraction of sp³-hybridized carbons (Fsp3) is 0.385. The van der Waals surface area contributed by atoms with Crippen molar-refractivity contribution < 1.29 is 4.42 Å². The minimum absolute atomic E-state index is 0.669. The lowest BCUT2D eigenvalue weighted by atomic mass is 9.87. The van der Waals surface area contributed by atoms with E-state index in [0.29, 0.717) is 5.92 Å². The van der Waals surface area contributed by atoms with E-state index in [1.807, 2.05) is 6.07 Å². The van der Waals surface area contributed by atoms with Crippen molar-refractivity contribution in [3.63, 3.8) is 0 Å². The predicted molar refractivity (Wildman–Crippen MR) is 57.6 cm³/mol. The monoisotopic (exact) mass is 186 g/mol. The van der Waals surface area contributed by atoms with Gasteiger partial charge in [-0.25, -0.2) is 0 Å². The minimum atomic E-state index is 0.669. The van der Waals surface area contributed by atoms with Crippen LogP contribution in [-0.4, -0.2) is 0 Å². The first-order valence-corrected chi connectivity index (χ1v) is 5.36. The van der Waals surface area contributed by atoms with E-state index in [-0.39, 0.29) is 0 Å². The molecule has 0 bridgehead atoms. The van der Waals surface area contributed by atoms with E-state index in [2.05, 4.69) is 25.1 Å². The van der Waals surface area contributed by atoms with E-state index in [1.165, 1.54) is 29.6 Å². The zero-order valence-electron chi connectivity index (χ0n) is 8.42. The maximum absolute atomic E-state index is 5.86. The van der Waals surface area contributed by atoms with Crippen LogP contribution in [0.4, 0.5) is 0 Å². The number of furan rings is 1. The molecule has 0 radical (unpaired) electrons. The average molecular weight is 186 g/mol. The van der Waals surface area contributed by atoms with E-state index in [9.17, 15) is 0 Å². The van der Waals surface area contributed by atoms with Crippen molar-refractivity contribution in [2.45, 2.75) is 32.1 Å². The van der Waals surface area contributed by atoms with Gasteiger partial charge in [0.1, 0.15) is 11.3 Å². The highest BCUT2D eigenvalue weighted by molar-refractivity contribution is 5.83. The Labute approximate surface area is 83.7 Å². The summed E-state index contributed by atoms with van der Waals surface area (Å²) in [6.07, 6.45) is 3.69. The van der Waals surface area contributed by atoms with Crippen LogP contribution in [0.3, 0.4) is 0 Å². The summed E-state index contributed by atoms with van der Waals surface area (Å²) in [6.45, 7) is 2.31. The summed E-state index contributed by atoms with van der Waals surface area (Å²) < 4.78 is 5.86. The number of rotatable bonds is 0. The van der Waals surface area contributed by atoms with Gasteiger partial charge in [0.2, 0.25) is 0 Å². The van der Waals surface area contributed by atoms with E-state index in [1.54, 1.807) is 0 Å². The molecule has 1 aromatic heterocycles. The zero-order chi connectivity index (χ0) is 9.54. The third-order valence-electron chi connectivity index (χ3n) is 3.24. The highest BCUT2D eigenvalue weighted by atomic mass is 16.3. The summed E-state index contributed by atoms with van der Waals surface area (Å²) in [4.78, 5) is 0. The smallest absolute Gasteiger partial charge is 0.134 e. The van der Waals surface area contributed by atoms with Crippen LogP contribution in [-0.2, 0) is 6.42 Å². The Bertz CT molecular complexity index is 467. The third-order valence-corrected chi connectivity index (χ3v) is 3.24. The topological polar surface area (TPSA) is 13.1 Å². The molecule has 0 fully saturated rings. The Hall–Kier alpha value is -1.24. The molecule has 72 valence electrons. The summed E-state index contributed by atoms with van der Waals surface area (Å²) in [6, 6.07) is 8.39. The molecule has 1 atom stereocenters. The second kappa shape index (κ2) is 2.88. The van der Waals surface area contributed by atoms with Gasteiger partial charge in [-0.3, -0.25) is 0 Å². The molecule has 1 unspecified atom stereocenters. The van der Waals surface area contributed by atoms with Crippen LogP contribution in [0.15, 0.2) is 28.7 Å². The van der Waals surface area contributed by atoms with Gasteiger partial charge in [0.05, 0.1) is 0 Å². The molecule has 1 nitrogen and oxygen atoms in total. The highest BCUT2D eigenvalue weighted by Gasteiger charge is 2.22. The van der Waals surface area contributed by atoms with E-state index in [0.717, 1.165) is 12.0 Å². The van der Waals surface area contributed by atoms with Gasteiger partial charge in [0.25, 0.3) is 0 Å². The first-order chi connectivity index (χ1) is 6.86. The zero-order valence-corrected chi connectivity index (χ0v) is 8.42. The number of fused-ring (bicyclic) bond motifs is 3. The summed E-state index contributed by atoms with van der Waals surface area (Å²) >= 11 is 0. The lowest BCUT2D eigenvalue weighted by Gasteiger charge is -2.17. The van der Waals surface area contributed by atoms with Crippen LogP contribution in [0.2, 0.25) is 0 Å². The molecule has 3 rings (SSSR count). The van der Waals surface area contributed by atoms with Crippen molar-refractivity contribution in [2.75, 3.05) is 0 Å². The van der Waals surface area contributed by atoms with Gasteiger partial charge in [-0.15, -0.1) is 0 Å². The van der Waals surface area contributed by atoms with Crippen molar-refractivity contribution in [1.29, 1.82) is 0 Å². The second-order valence-electron chi connectivity index (χ2n) is 4.23. The van der Waals surface area contributed by atoms with Gasteiger partial charge in [-0.2, -0.15) is 0 Å². The Morgan fingerprint density at radius 2 is 2.14 bits per heavy atom.